The molecule has 2 aliphatic rings. The zero-order chi connectivity index (χ0) is 8.06. The Hall–Kier alpha value is -0.280. The molecule has 0 aromatic heterocycles. The number of aliphatic carboxylic acids is 1. The SMILES string of the molecule is Cl.N[C@@H]1CCC12CC(C(=O)O)C2. The average molecular weight is 192 g/mol. The number of nitrogens with two attached hydrogens (primary N) is 1. The van der Waals surface area contributed by atoms with Crippen LogP contribution in [0.2, 0.25) is 0 Å². The Morgan fingerprint density at radius 3 is 2.33 bits per heavy atom. The Balaban J connectivity index is 0.000000720. The Kier molecular flexibility index (Phi) is 2.36. The van der Waals surface area contributed by atoms with Crippen molar-refractivity contribution in [1.29, 1.82) is 0 Å². The van der Waals surface area contributed by atoms with Crippen molar-refractivity contribution in [3.8, 4) is 0 Å². The predicted octanol–water partition coefficient (Wildman–Crippen LogP) is 1.01. The Bertz CT molecular complexity index is 201. The van der Waals surface area contributed by atoms with Gasteiger partial charge in [-0.3, -0.25) is 4.79 Å². The molecule has 0 radical (unpaired) electrons. The van der Waals surface area contributed by atoms with Gasteiger partial charge in [-0.05, 0) is 31.1 Å². The smallest absolute Gasteiger partial charge is 0.306 e. The van der Waals surface area contributed by atoms with Crippen LogP contribution in [0.3, 0.4) is 0 Å². The lowest BCUT2D eigenvalue weighted by molar-refractivity contribution is -0.155. The molecule has 0 bridgehead atoms. The van der Waals surface area contributed by atoms with Crippen LogP contribution in [0.25, 0.3) is 0 Å². The summed E-state index contributed by atoms with van der Waals surface area (Å²) in [5, 5.41) is 8.63. The summed E-state index contributed by atoms with van der Waals surface area (Å²) < 4.78 is 0. The van der Waals surface area contributed by atoms with Crippen molar-refractivity contribution in [1.82, 2.24) is 0 Å². The van der Waals surface area contributed by atoms with Crippen LogP contribution in [0.15, 0.2) is 0 Å². The molecule has 0 unspecified atom stereocenters. The van der Waals surface area contributed by atoms with Gasteiger partial charge in [0.25, 0.3) is 0 Å². The van der Waals surface area contributed by atoms with Gasteiger partial charge in [0, 0.05) is 6.04 Å². The Morgan fingerprint density at radius 1 is 1.50 bits per heavy atom. The van der Waals surface area contributed by atoms with Crippen molar-refractivity contribution < 1.29 is 9.90 Å². The van der Waals surface area contributed by atoms with Crippen molar-refractivity contribution in [3.05, 3.63) is 0 Å². The third-order valence-electron chi connectivity index (χ3n) is 3.39. The van der Waals surface area contributed by atoms with Crippen LogP contribution in [0.1, 0.15) is 25.7 Å². The fourth-order valence-electron chi connectivity index (χ4n) is 2.32. The second kappa shape index (κ2) is 2.89. The van der Waals surface area contributed by atoms with Crippen LogP contribution < -0.4 is 5.73 Å². The van der Waals surface area contributed by atoms with E-state index in [1.807, 2.05) is 0 Å². The van der Waals surface area contributed by atoms with E-state index in [-0.39, 0.29) is 29.8 Å². The van der Waals surface area contributed by atoms with E-state index >= 15 is 0 Å². The summed E-state index contributed by atoms with van der Waals surface area (Å²) in [7, 11) is 0. The van der Waals surface area contributed by atoms with Crippen LogP contribution in [0.5, 0.6) is 0 Å². The summed E-state index contributed by atoms with van der Waals surface area (Å²) in [5.41, 5.74) is 6.04. The van der Waals surface area contributed by atoms with Gasteiger partial charge in [0.1, 0.15) is 0 Å². The van der Waals surface area contributed by atoms with E-state index in [4.69, 9.17) is 10.8 Å². The monoisotopic (exact) mass is 191 g/mol. The summed E-state index contributed by atoms with van der Waals surface area (Å²) in [6, 6.07) is 0.290. The largest absolute Gasteiger partial charge is 0.481 e. The van der Waals surface area contributed by atoms with Crippen LogP contribution in [0.4, 0.5) is 0 Å². The molecular weight excluding hydrogens is 178 g/mol. The van der Waals surface area contributed by atoms with E-state index in [9.17, 15) is 4.79 Å². The quantitative estimate of drug-likeness (QED) is 0.650. The molecule has 70 valence electrons. The zero-order valence-electron chi connectivity index (χ0n) is 6.82. The highest BCUT2D eigenvalue weighted by atomic mass is 35.5. The maximum absolute atomic E-state index is 10.5. The number of carbonyl (C=O) groups is 1. The summed E-state index contributed by atoms with van der Waals surface area (Å²) in [5.74, 6) is -0.740. The minimum absolute atomic E-state index is 0. The van der Waals surface area contributed by atoms with Gasteiger partial charge in [0.05, 0.1) is 5.92 Å². The zero-order valence-corrected chi connectivity index (χ0v) is 7.64. The fraction of sp³-hybridized carbons (Fsp3) is 0.875. The summed E-state index contributed by atoms with van der Waals surface area (Å²) >= 11 is 0. The molecule has 0 aromatic rings. The first-order valence-electron chi connectivity index (χ1n) is 4.12. The van der Waals surface area contributed by atoms with Gasteiger partial charge in [-0.25, -0.2) is 0 Å². The molecule has 1 atom stereocenters. The molecule has 4 heteroatoms. The Labute approximate surface area is 77.7 Å². The number of halogens is 1. The highest BCUT2D eigenvalue weighted by Crippen LogP contribution is 2.57. The first-order valence-corrected chi connectivity index (χ1v) is 4.12. The molecule has 3 nitrogen and oxygen atoms in total. The van der Waals surface area contributed by atoms with Crippen molar-refractivity contribution in [2.24, 2.45) is 17.1 Å². The summed E-state index contributed by atoms with van der Waals surface area (Å²) in [6.07, 6.45) is 3.89. The highest BCUT2D eigenvalue weighted by Gasteiger charge is 2.55. The van der Waals surface area contributed by atoms with Crippen molar-refractivity contribution in [2.45, 2.75) is 31.7 Å². The van der Waals surface area contributed by atoms with Crippen LogP contribution in [0, 0.1) is 11.3 Å². The average Bonchev–Trinajstić information content (AvgIpc) is 1.81. The number of hydrogen-bond donors (Lipinski definition) is 2. The molecule has 12 heavy (non-hydrogen) atoms. The Morgan fingerprint density at radius 2 is 2.08 bits per heavy atom. The van der Waals surface area contributed by atoms with Gasteiger partial charge in [0.15, 0.2) is 0 Å². The van der Waals surface area contributed by atoms with E-state index in [2.05, 4.69) is 0 Å². The number of hydrogen-bond acceptors (Lipinski definition) is 2. The molecule has 3 N–H and O–H groups in total. The first-order chi connectivity index (χ1) is 5.14. The minimum Gasteiger partial charge on any atom is -0.481 e. The minimum atomic E-state index is -0.644. The van der Waals surface area contributed by atoms with E-state index in [1.54, 1.807) is 0 Å². The molecule has 2 rings (SSSR count). The molecule has 2 saturated carbocycles. The lowest BCUT2D eigenvalue weighted by Crippen LogP contribution is -2.59. The fourth-order valence-corrected chi connectivity index (χ4v) is 2.32. The standard InChI is InChI=1S/C8H13NO2.ClH/c9-6-1-2-8(6)3-5(4-8)7(10)11;/h5-6H,1-4,9H2,(H,10,11);1H/t5?,6-,8?;/m1./s1. The molecule has 0 aromatic carbocycles. The third kappa shape index (κ3) is 1.12. The second-order valence-corrected chi connectivity index (χ2v) is 3.95. The van der Waals surface area contributed by atoms with Crippen LogP contribution >= 0.6 is 12.4 Å². The predicted molar refractivity (Wildman–Crippen MR) is 47.3 cm³/mol. The molecule has 0 aliphatic heterocycles. The van der Waals surface area contributed by atoms with Crippen LogP contribution in [-0.2, 0) is 4.79 Å². The number of carboxylic acid groups (broad SMARTS) is 1. The van der Waals surface area contributed by atoms with E-state index in [0.717, 1.165) is 25.7 Å². The maximum atomic E-state index is 10.5. The van der Waals surface area contributed by atoms with Crippen molar-refractivity contribution in [2.75, 3.05) is 0 Å². The van der Waals surface area contributed by atoms with E-state index < -0.39 is 5.97 Å². The summed E-state index contributed by atoms with van der Waals surface area (Å²) in [4.78, 5) is 10.5. The molecule has 2 fully saturated rings. The van der Waals surface area contributed by atoms with E-state index in [0.29, 0.717) is 0 Å². The topological polar surface area (TPSA) is 63.3 Å². The van der Waals surface area contributed by atoms with Gasteiger partial charge < -0.3 is 10.8 Å². The van der Waals surface area contributed by atoms with Gasteiger partial charge in [-0.2, -0.15) is 0 Å². The maximum Gasteiger partial charge on any atom is 0.306 e. The van der Waals surface area contributed by atoms with E-state index in [1.165, 1.54) is 0 Å². The van der Waals surface area contributed by atoms with Gasteiger partial charge >= 0.3 is 5.97 Å². The third-order valence-corrected chi connectivity index (χ3v) is 3.39. The number of carboxylic acids is 1. The van der Waals surface area contributed by atoms with Gasteiger partial charge in [-0.15, -0.1) is 12.4 Å². The number of rotatable bonds is 1. The summed E-state index contributed by atoms with van der Waals surface area (Å²) in [6.45, 7) is 0. The van der Waals surface area contributed by atoms with Crippen molar-refractivity contribution in [3.63, 3.8) is 0 Å². The molecule has 0 amide bonds. The first kappa shape index (κ1) is 9.81. The van der Waals surface area contributed by atoms with Gasteiger partial charge in [-0.1, -0.05) is 0 Å². The molecule has 0 saturated heterocycles. The van der Waals surface area contributed by atoms with Crippen LogP contribution in [-0.4, -0.2) is 17.1 Å². The molecule has 0 heterocycles. The normalized spacial score (nSPS) is 44.1. The van der Waals surface area contributed by atoms with Gasteiger partial charge in [0.2, 0.25) is 0 Å². The molecule has 2 aliphatic carbocycles. The molecule has 1 spiro atoms. The molecular formula is C8H14ClNO2. The lowest BCUT2D eigenvalue weighted by Gasteiger charge is -2.57. The second-order valence-electron chi connectivity index (χ2n) is 3.95. The highest BCUT2D eigenvalue weighted by molar-refractivity contribution is 5.85. The van der Waals surface area contributed by atoms with Crippen molar-refractivity contribution >= 4 is 18.4 Å². The lowest BCUT2D eigenvalue weighted by atomic mass is 9.49.